The van der Waals surface area contributed by atoms with E-state index < -0.39 is 0 Å². The minimum atomic E-state index is 0. The van der Waals surface area contributed by atoms with Crippen molar-refractivity contribution in [3.05, 3.63) is 59.2 Å². The first-order valence-corrected chi connectivity index (χ1v) is 8.86. The summed E-state index contributed by atoms with van der Waals surface area (Å²) in [6.07, 6.45) is 0. The minimum Gasteiger partial charge on any atom is -0.493 e. The Kier molecular flexibility index (Phi) is 7.11. The lowest BCUT2D eigenvalue weighted by atomic mass is 9.89. The topological polar surface area (TPSA) is 64.8 Å². The first kappa shape index (κ1) is 21.1. The van der Waals surface area contributed by atoms with Gasteiger partial charge in [0, 0.05) is 24.6 Å². The van der Waals surface area contributed by atoms with Crippen LogP contribution in [0.4, 0.5) is 0 Å². The van der Waals surface area contributed by atoms with Crippen molar-refractivity contribution in [3.63, 3.8) is 0 Å². The number of ether oxygens (including phenoxy) is 2. The SMILES string of the molecule is COc1cc(C)c(C(=O)N2C[C@@H](CN)[C@H](c3ccccc3)C2)cc1OC.Cl. The number of nitrogens with two attached hydrogens (primary N) is 1. The summed E-state index contributed by atoms with van der Waals surface area (Å²) in [5.41, 5.74) is 8.76. The number of hydrogen-bond acceptors (Lipinski definition) is 4. The molecular formula is C21H27ClN2O3. The number of likely N-dealkylation sites (tertiary alicyclic amines) is 1. The minimum absolute atomic E-state index is 0. The van der Waals surface area contributed by atoms with E-state index in [1.165, 1.54) is 5.56 Å². The second kappa shape index (κ2) is 9.11. The van der Waals surface area contributed by atoms with Gasteiger partial charge in [-0.3, -0.25) is 4.79 Å². The molecule has 146 valence electrons. The predicted molar refractivity (Wildman–Crippen MR) is 109 cm³/mol. The van der Waals surface area contributed by atoms with Crippen LogP contribution in [0.25, 0.3) is 0 Å². The van der Waals surface area contributed by atoms with Gasteiger partial charge in [-0.1, -0.05) is 30.3 Å². The van der Waals surface area contributed by atoms with Crippen molar-refractivity contribution < 1.29 is 14.3 Å². The van der Waals surface area contributed by atoms with E-state index in [-0.39, 0.29) is 30.2 Å². The number of carbonyl (C=O) groups excluding carboxylic acids is 1. The molecule has 2 aromatic rings. The molecule has 3 rings (SSSR count). The molecule has 1 saturated heterocycles. The molecule has 2 atom stereocenters. The van der Waals surface area contributed by atoms with Crippen LogP contribution in [-0.2, 0) is 0 Å². The highest BCUT2D eigenvalue weighted by molar-refractivity contribution is 5.96. The third kappa shape index (κ3) is 4.20. The van der Waals surface area contributed by atoms with Crippen molar-refractivity contribution in [1.29, 1.82) is 0 Å². The Labute approximate surface area is 166 Å². The molecule has 2 aromatic carbocycles. The first-order valence-electron chi connectivity index (χ1n) is 8.86. The number of halogens is 1. The molecule has 1 fully saturated rings. The highest BCUT2D eigenvalue weighted by atomic mass is 35.5. The van der Waals surface area contributed by atoms with Crippen molar-refractivity contribution in [3.8, 4) is 11.5 Å². The normalized spacial score (nSPS) is 18.7. The van der Waals surface area contributed by atoms with Crippen molar-refractivity contribution in [2.24, 2.45) is 11.7 Å². The van der Waals surface area contributed by atoms with Crippen molar-refractivity contribution in [1.82, 2.24) is 4.90 Å². The molecule has 1 heterocycles. The van der Waals surface area contributed by atoms with Crippen LogP contribution in [0.15, 0.2) is 42.5 Å². The lowest BCUT2D eigenvalue weighted by Gasteiger charge is -2.19. The first-order chi connectivity index (χ1) is 12.6. The van der Waals surface area contributed by atoms with E-state index in [9.17, 15) is 4.79 Å². The number of methoxy groups -OCH3 is 2. The van der Waals surface area contributed by atoms with Crippen molar-refractivity contribution in [2.45, 2.75) is 12.8 Å². The lowest BCUT2D eigenvalue weighted by molar-refractivity contribution is 0.0785. The van der Waals surface area contributed by atoms with Crippen LogP contribution < -0.4 is 15.2 Å². The Balaban J connectivity index is 0.00000261. The van der Waals surface area contributed by atoms with Gasteiger partial charge in [0.2, 0.25) is 0 Å². The standard InChI is InChI=1S/C21H26N2O3.ClH/c1-14-9-19(25-2)20(26-3)10-17(14)21(24)23-12-16(11-22)18(13-23)15-7-5-4-6-8-15;/h4-10,16,18H,11-13,22H2,1-3H3;1H/t16-,18+;/m1./s1. The molecule has 1 amide bonds. The van der Waals surface area contributed by atoms with Crippen LogP contribution in [0.5, 0.6) is 11.5 Å². The van der Waals surface area contributed by atoms with Gasteiger partial charge in [0.1, 0.15) is 0 Å². The lowest BCUT2D eigenvalue weighted by Crippen LogP contribution is -2.30. The molecular weight excluding hydrogens is 364 g/mol. The molecule has 6 heteroatoms. The smallest absolute Gasteiger partial charge is 0.254 e. The number of rotatable bonds is 5. The second-order valence-corrected chi connectivity index (χ2v) is 6.75. The van der Waals surface area contributed by atoms with Gasteiger partial charge in [-0.25, -0.2) is 0 Å². The number of benzene rings is 2. The molecule has 5 nitrogen and oxygen atoms in total. The van der Waals surface area contributed by atoms with Gasteiger partial charge < -0.3 is 20.1 Å². The Morgan fingerprint density at radius 1 is 1.11 bits per heavy atom. The molecule has 2 N–H and O–H groups in total. The number of aryl methyl sites for hydroxylation is 1. The van der Waals surface area contributed by atoms with Crippen molar-refractivity contribution in [2.75, 3.05) is 33.9 Å². The van der Waals surface area contributed by atoms with Gasteiger partial charge in [0.05, 0.1) is 14.2 Å². The maximum Gasteiger partial charge on any atom is 0.254 e. The van der Waals surface area contributed by atoms with Crippen LogP contribution in [0.1, 0.15) is 27.4 Å². The monoisotopic (exact) mass is 390 g/mol. The average molecular weight is 391 g/mol. The zero-order valence-electron chi connectivity index (χ0n) is 16.0. The van der Waals surface area contributed by atoms with Crippen LogP contribution in [0.3, 0.4) is 0 Å². The summed E-state index contributed by atoms with van der Waals surface area (Å²) in [4.78, 5) is 15.1. The Morgan fingerprint density at radius 3 is 2.33 bits per heavy atom. The number of nitrogens with zero attached hydrogens (tertiary/aromatic N) is 1. The van der Waals surface area contributed by atoms with Gasteiger partial charge in [0.25, 0.3) is 5.91 Å². The van der Waals surface area contributed by atoms with Crippen LogP contribution in [0.2, 0.25) is 0 Å². The average Bonchev–Trinajstić information content (AvgIpc) is 3.12. The van der Waals surface area contributed by atoms with Crippen LogP contribution >= 0.6 is 12.4 Å². The quantitative estimate of drug-likeness (QED) is 0.851. The molecule has 27 heavy (non-hydrogen) atoms. The van der Waals surface area contributed by atoms with E-state index in [2.05, 4.69) is 12.1 Å². The zero-order chi connectivity index (χ0) is 18.7. The van der Waals surface area contributed by atoms with E-state index in [4.69, 9.17) is 15.2 Å². The van der Waals surface area contributed by atoms with Crippen molar-refractivity contribution >= 4 is 18.3 Å². The second-order valence-electron chi connectivity index (χ2n) is 6.75. The maximum atomic E-state index is 13.2. The molecule has 0 radical (unpaired) electrons. The summed E-state index contributed by atoms with van der Waals surface area (Å²) in [5, 5.41) is 0. The summed E-state index contributed by atoms with van der Waals surface area (Å²) in [5.74, 6) is 1.74. The van der Waals surface area contributed by atoms with Gasteiger partial charge >= 0.3 is 0 Å². The molecule has 0 bridgehead atoms. The largest absolute Gasteiger partial charge is 0.493 e. The van der Waals surface area contributed by atoms with Crippen LogP contribution in [0, 0.1) is 12.8 Å². The summed E-state index contributed by atoms with van der Waals surface area (Å²) in [6.45, 7) is 3.83. The third-order valence-corrected chi connectivity index (χ3v) is 5.22. The number of amides is 1. The van der Waals surface area contributed by atoms with Gasteiger partial charge in [-0.15, -0.1) is 12.4 Å². The summed E-state index contributed by atoms with van der Waals surface area (Å²) in [6, 6.07) is 13.9. The summed E-state index contributed by atoms with van der Waals surface area (Å²) < 4.78 is 10.7. The predicted octanol–water partition coefficient (Wildman–Crippen LogP) is 3.25. The highest BCUT2D eigenvalue weighted by Gasteiger charge is 2.36. The molecule has 0 spiro atoms. The van der Waals surface area contributed by atoms with E-state index in [1.807, 2.05) is 36.1 Å². The Morgan fingerprint density at radius 2 is 1.74 bits per heavy atom. The third-order valence-electron chi connectivity index (χ3n) is 5.22. The van der Waals surface area contributed by atoms with E-state index in [0.29, 0.717) is 36.7 Å². The van der Waals surface area contributed by atoms with Gasteiger partial charge in [0.15, 0.2) is 11.5 Å². The fourth-order valence-electron chi connectivity index (χ4n) is 3.74. The number of hydrogen-bond donors (Lipinski definition) is 1. The van der Waals surface area contributed by atoms with E-state index in [1.54, 1.807) is 20.3 Å². The molecule has 0 unspecified atom stereocenters. The van der Waals surface area contributed by atoms with E-state index in [0.717, 1.165) is 5.56 Å². The summed E-state index contributed by atoms with van der Waals surface area (Å²) >= 11 is 0. The van der Waals surface area contributed by atoms with Gasteiger partial charge in [-0.05, 0) is 42.6 Å². The fraction of sp³-hybridized carbons (Fsp3) is 0.381. The summed E-state index contributed by atoms with van der Waals surface area (Å²) in [7, 11) is 3.17. The zero-order valence-corrected chi connectivity index (χ0v) is 16.8. The maximum absolute atomic E-state index is 13.2. The molecule has 1 aliphatic heterocycles. The molecule has 0 aliphatic carbocycles. The highest BCUT2D eigenvalue weighted by Crippen LogP contribution is 2.35. The Bertz CT molecular complexity index is 782. The fourth-order valence-corrected chi connectivity index (χ4v) is 3.74. The Hall–Kier alpha value is -2.24. The molecule has 1 aliphatic rings. The van der Waals surface area contributed by atoms with Gasteiger partial charge in [-0.2, -0.15) is 0 Å². The van der Waals surface area contributed by atoms with Crippen LogP contribution in [-0.4, -0.2) is 44.7 Å². The van der Waals surface area contributed by atoms with E-state index >= 15 is 0 Å². The number of carbonyl (C=O) groups is 1. The molecule has 0 saturated carbocycles. The molecule has 0 aromatic heterocycles.